The van der Waals surface area contributed by atoms with E-state index in [9.17, 15) is 9.90 Å². The van der Waals surface area contributed by atoms with Gasteiger partial charge in [0.25, 0.3) is 0 Å². The largest absolute Gasteiger partial charge is 0.393 e. The molecule has 2 unspecified atom stereocenters. The van der Waals surface area contributed by atoms with Crippen molar-refractivity contribution < 1.29 is 9.90 Å². The minimum atomic E-state index is -0.339. The average molecular weight is 270 g/mol. The Hall–Kier alpha value is -0.770. The molecule has 0 aromatic carbocycles. The predicted molar refractivity (Wildman–Crippen MR) is 78.0 cm³/mol. The summed E-state index contributed by atoms with van der Waals surface area (Å²) in [6.07, 6.45) is 3.77. The molecule has 1 saturated carbocycles. The first-order valence-corrected chi connectivity index (χ1v) is 7.35. The van der Waals surface area contributed by atoms with Crippen LogP contribution in [0.5, 0.6) is 0 Å². The lowest BCUT2D eigenvalue weighted by Crippen LogP contribution is -2.48. The van der Waals surface area contributed by atoms with E-state index in [1.54, 1.807) is 6.92 Å². The van der Waals surface area contributed by atoms with Gasteiger partial charge in [0.1, 0.15) is 0 Å². The van der Waals surface area contributed by atoms with E-state index in [1.807, 2.05) is 0 Å². The van der Waals surface area contributed by atoms with Gasteiger partial charge in [-0.05, 0) is 37.0 Å². The SMILES string of the molecule is CC(O)CC(C)(C)CNC(=O)NC1CCCC1(C)C. The first-order valence-electron chi connectivity index (χ1n) is 7.35. The molecule has 19 heavy (non-hydrogen) atoms. The molecule has 0 heterocycles. The quantitative estimate of drug-likeness (QED) is 0.719. The van der Waals surface area contributed by atoms with E-state index in [-0.39, 0.29) is 29.0 Å². The van der Waals surface area contributed by atoms with Crippen molar-refractivity contribution in [3.05, 3.63) is 0 Å². The summed E-state index contributed by atoms with van der Waals surface area (Å²) in [5.41, 5.74) is 0.114. The second-order valence-electron chi connectivity index (χ2n) is 7.48. The zero-order valence-corrected chi connectivity index (χ0v) is 13.0. The highest BCUT2D eigenvalue weighted by atomic mass is 16.3. The molecule has 2 atom stereocenters. The van der Waals surface area contributed by atoms with Crippen LogP contribution in [0, 0.1) is 10.8 Å². The maximum absolute atomic E-state index is 11.9. The Kier molecular flexibility index (Phi) is 5.25. The van der Waals surface area contributed by atoms with E-state index >= 15 is 0 Å². The van der Waals surface area contributed by atoms with Gasteiger partial charge >= 0.3 is 6.03 Å². The third kappa shape index (κ3) is 5.39. The van der Waals surface area contributed by atoms with E-state index in [1.165, 1.54) is 12.8 Å². The highest BCUT2D eigenvalue weighted by Gasteiger charge is 2.35. The van der Waals surface area contributed by atoms with E-state index in [0.29, 0.717) is 13.0 Å². The van der Waals surface area contributed by atoms with Crippen molar-refractivity contribution in [1.29, 1.82) is 0 Å². The summed E-state index contributed by atoms with van der Waals surface area (Å²) in [4.78, 5) is 11.9. The lowest BCUT2D eigenvalue weighted by atomic mass is 9.87. The van der Waals surface area contributed by atoms with Crippen molar-refractivity contribution in [3.8, 4) is 0 Å². The van der Waals surface area contributed by atoms with Crippen LogP contribution in [0.25, 0.3) is 0 Å². The molecule has 4 heteroatoms. The zero-order valence-electron chi connectivity index (χ0n) is 13.0. The van der Waals surface area contributed by atoms with Crippen LogP contribution in [-0.2, 0) is 0 Å². The molecule has 112 valence electrons. The molecule has 2 amide bonds. The van der Waals surface area contributed by atoms with Gasteiger partial charge in [-0.2, -0.15) is 0 Å². The Morgan fingerprint density at radius 2 is 2.11 bits per heavy atom. The van der Waals surface area contributed by atoms with Gasteiger partial charge in [0, 0.05) is 12.6 Å². The first kappa shape index (κ1) is 16.3. The summed E-state index contributed by atoms with van der Waals surface area (Å²) >= 11 is 0. The monoisotopic (exact) mass is 270 g/mol. The van der Waals surface area contributed by atoms with Crippen LogP contribution >= 0.6 is 0 Å². The third-order valence-electron chi connectivity index (χ3n) is 4.14. The molecular formula is C15H30N2O2. The number of nitrogens with one attached hydrogen (secondary N) is 2. The number of carbonyl (C=O) groups is 1. The number of carbonyl (C=O) groups excluding carboxylic acids is 1. The van der Waals surface area contributed by atoms with Crippen LogP contribution in [-0.4, -0.2) is 29.8 Å². The van der Waals surface area contributed by atoms with Crippen LogP contribution in [0.3, 0.4) is 0 Å². The smallest absolute Gasteiger partial charge is 0.315 e. The van der Waals surface area contributed by atoms with Crippen molar-refractivity contribution in [2.24, 2.45) is 10.8 Å². The van der Waals surface area contributed by atoms with Crippen molar-refractivity contribution in [2.45, 2.75) is 72.4 Å². The van der Waals surface area contributed by atoms with Crippen LogP contribution in [0.1, 0.15) is 60.3 Å². The van der Waals surface area contributed by atoms with Gasteiger partial charge in [-0.3, -0.25) is 0 Å². The number of rotatable bonds is 5. The third-order valence-corrected chi connectivity index (χ3v) is 4.14. The number of hydrogen-bond acceptors (Lipinski definition) is 2. The molecule has 0 bridgehead atoms. The molecule has 1 aliphatic carbocycles. The Morgan fingerprint density at radius 1 is 1.47 bits per heavy atom. The number of aliphatic hydroxyl groups is 1. The average Bonchev–Trinajstić information content (AvgIpc) is 2.54. The van der Waals surface area contributed by atoms with E-state index < -0.39 is 0 Å². The lowest BCUT2D eigenvalue weighted by molar-refractivity contribution is 0.128. The highest BCUT2D eigenvalue weighted by molar-refractivity contribution is 5.74. The molecule has 1 rings (SSSR count). The molecule has 1 fully saturated rings. The molecule has 0 saturated heterocycles. The standard InChI is InChI=1S/C15H30N2O2/c1-11(18)9-14(2,3)10-16-13(19)17-12-7-6-8-15(12,4)5/h11-12,18H,6-10H2,1-5H3,(H2,16,17,19). The van der Waals surface area contributed by atoms with Crippen molar-refractivity contribution in [2.75, 3.05) is 6.54 Å². The Morgan fingerprint density at radius 3 is 2.58 bits per heavy atom. The fraction of sp³-hybridized carbons (Fsp3) is 0.933. The topological polar surface area (TPSA) is 61.4 Å². The molecule has 0 aliphatic heterocycles. The first-order chi connectivity index (χ1) is 8.62. The highest BCUT2D eigenvalue weighted by Crippen LogP contribution is 2.37. The number of aliphatic hydroxyl groups excluding tert-OH is 1. The molecule has 0 spiro atoms. The Bertz CT molecular complexity index is 311. The number of urea groups is 1. The lowest BCUT2D eigenvalue weighted by Gasteiger charge is -2.30. The molecule has 0 aromatic heterocycles. The fourth-order valence-corrected chi connectivity index (χ4v) is 3.00. The van der Waals surface area contributed by atoms with Crippen LogP contribution < -0.4 is 10.6 Å². The van der Waals surface area contributed by atoms with Gasteiger partial charge < -0.3 is 15.7 Å². The molecule has 3 N–H and O–H groups in total. The van der Waals surface area contributed by atoms with Gasteiger partial charge in [0.2, 0.25) is 0 Å². The Balaban J connectivity index is 2.36. The van der Waals surface area contributed by atoms with Gasteiger partial charge in [-0.15, -0.1) is 0 Å². The summed E-state index contributed by atoms with van der Waals surface area (Å²) in [5.74, 6) is 0. The van der Waals surface area contributed by atoms with Gasteiger partial charge in [-0.1, -0.05) is 34.1 Å². The number of amides is 2. The predicted octanol–water partition coefficient (Wildman–Crippen LogP) is 2.66. The van der Waals surface area contributed by atoms with Crippen LogP contribution in [0.4, 0.5) is 4.79 Å². The van der Waals surface area contributed by atoms with Gasteiger partial charge in [0.05, 0.1) is 6.10 Å². The zero-order chi connectivity index (χ0) is 14.7. The Labute approximate surface area is 117 Å². The minimum Gasteiger partial charge on any atom is -0.393 e. The maximum atomic E-state index is 11.9. The fourth-order valence-electron chi connectivity index (χ4n) is 3.00. The minimum absolute atomic E-state index is 0.0846. The summed E-state index contributed by atoms with van der Waals surface area (Å²) in [6, 6.07) is 0.186. The van der Waals surface area contributed by atoms with E-state index in [4.69, 9.17) is 0 Å². The molecular weight excluding hydrogens is 240 g/mol. The van der Waals surface area contributed by atoms with Crippen molar-refractivity contribution in [3.63, 3.8) is 0 Å². The van der Waals surface area contributed by atoms with Crippen LogP contribution in [0.2, 0.25) is 0 Å². The normalized spacial score (nSPS) is 24.0. The van der Waals surface area contributed by atoms with Crippen LogP contribution in [0.15, 0.2) is 0 Å². The number of hydrogen-bond donors (Lipinski definition) is 3. The molecule has 4 nitrogen and oxygen atoms in total. The van der Waals surface area contributed by atoms with Gasteiger partial charge in [0.15, 0.2) is 0 Å². The molecule has 1 aliphatic rings. The second kappa shape index (κ2) is 6.12. The summed E-state index contributed by atoms with van der Waals surface area (Å²) in [5, 5.41) is 15.4. The molecule has 0 radical (unpaired) electrons. The van der Waals surface area contributed by atoms with Crippen molar-refractivity contribution >= 4 is 6.03 Å². The maximum Gasteiger partial charge on any atom is 0.315 e. The van der Waals surface area contributed by atoms with Crippen molar-refractivity contribution in [1.82, 2.24) is 10.6 Å². The van der Waals surface area contributed by atoms with E-state index in [2.05, 4.69) is 38.3 Å². The second-order valence-corrected chi connectivity index (χ2v) is 7.48. The molecule has 0 aromatic rings. The summed E-state index contributed by atoms with van der Waals surface area (Å²) in [6.45, 7) is 10.9. The van der Waals surface area contributed by atoms with Gasteiger partial charge in [-0.25, -0.2) is 4.79 Å². The summed E-state index contributed by atoms with van der Waals surface area (Å²) in [7, 11) is 0. The van der Waals surface area contributed by atoms with E-state index in [0.717, 1.165) is 6.42 Å². The summed E-state index contributed by atoms with van der Waals surface area (Å²) < 4.78 is 0.